The van der Waals surface area contributed by atoms with Crippen LogP contribution in [0.25, 0.3) is 0 Å². The number of aromatic nitrogens is 4. The maximum absolute atomic E-state index is 10.9. The third-order valence-electron chi connectivity index (χ3n) is 2.40. The maximum Gasteiger partial charge on any atom is 0.329 e. The Labute approximate surface area is 113 Å². The number of aryl methyl sites for hydroxylation is 1. The molecule has 2 rings (SSSR count). The van der Waals surface area contributed by atoms with E-state index in [1.54, 1.807) is 14.0 Å². The van der Waals surface area contributed by atoms with Crippen LogP contribution in [-0.4, -0.2) is 38.6 Å². The fraction of sp³-hybridized carbons (Fsp3) is 0.400. The number of nitrogens with one attached hydrogen (secondary N) is 2. The molecule has 0 radical (unpaired) electrons. The third-order valence-corrected chi connectivity index (χ3v) is 2.40. The molecule has 10 nitrogen and oxygen atoms in total. The molecule has 0 saturated carbocycles. The molecular weight excluding hydrogens is 266 g/mol. The number of anilines is 2. The summed E-state index contributed by atoms with van der Waals surface area (Å²) in [5.41, 5.74) is -0.187. The van der Waals surface area contributed by atoms with Crippen LogP contribution < -0.4 is 10.6 Å². The van der Waals surface area contributed by atoms with Gasteiger partial charge in [0, 0.05) is 26.9 Å². The Bertz CT molecular complexity index is 613. The molecule has 0 bridgehead atoms. The minimum absolute atomic E-state index is 0.148. The van der Waals surface area contributed by atoms with Crippen molar-refractivity contribution in [2.24, 2.45) is 0 Å². The van der Waals surface area contributed by atoms with Gasteiger partial charge in [-0.1, -0.05) is 5.16 Å². The first-order chi connectivity index (χ1) is 9.60. The molecule has 0 saturated heterocycles. The molecule has 0 aliphatic carbocycles. The average Bonchev–Trinajstić information content (AvgIpc) is 2.84. The molecule has 0 aliphatic heterocycles. The van der Waals surface area contributed by atoms with Crippen molar-refractivity contribution in [1.82, 2.24) is 20.1 Å². The Morgan fingerprint density at radius 1 is 1.45 bits per heavy atom. The first-order valence-electron chi connectivity index (χ1n) is 5.82. The maximum atomic E-state index is 10.9. The number of hydrogen-bond donors (Lipinski definition) is 2. The summed E-state index contributed by atoms with van der Waals surface area (Å²) in [7, 11) is 1.63. The Morgan fingerprint density at radius 3 is 2.85 bits per heavy atom. The van der Waals surface area contributed by atoms with Crippen LogP contribution in [0.4, 0.5) is 17.5 Å². The lowest BCUT2D eigenvalue weighted by molar-refractivity contribution is -0.384. The highest BCUT2D eigenvalue weighted by Gasteiger charge is 2.16. The van der Waals surface area contributed by atoms with Crippen LogP contribution in [0.15, 0.2) is 10.7 Å². The predicted octanol–water partition coefficient (Wildman–Crippen LogP) is 0.773. The van der Waals surface area contributed by atoms with Gasteiger partial charge in [0.15, 0.2) is 5.82 Å². The summed E-state index contributed by atoms with van der Waals surface area (Å²) in [6.45, 7) is 2.08. The summed E-state index contributed by atoms with van der Waals surface area (Å²) < 4.78 is 4.83. The highest BCUT2D eigenvalue weighted by atomic mass is 16.6. The van der Waals surface area contributed by atoms with Gasteiger partial charge in [0.25, 0.3) is 0 Å². The quantitative estimate of drug-likeness (QED) is 0.581. The third kappa shape index (κ3) is 3.16. The Kier molecular flexibility index (Phi) is 4.03. The van der Waals surface area contributed by atoms with Gasteiger partial charge in [-0.05, 0) is 0 Å². The molecule has 10 heteroatoms. The molecule has 0 atom stereocenters. The summed E-state index contributed by atoms with van der Waals surface area (Å²) in [5, 5.41) is 20.2. The molecule has 0 aliphatic rings. The van der Waals surface area contributed by atoms with Gasteiger partial charge in [0.1, 0.15) is 6.20 Å². The number of rotatable bonds is 6. The summed E-state index contributed by atoms with van der Waals surface area (Å²) in [6.07, 6.45) is 1.62. The van der Waals surface area contributed by atoms with Crippen LogP contribution in [0.2, 0.25) is 0 Å². The second-order valence-corrected chi connectivity index (χ2v) is 3.84. The highest BCUT2D eigenvalue weighted by molar-refractivity contribution is 5.56. The first kappa shape index (κ1) is 13.6. The van der Waals surface area contributed by atoms with Gasteiger partial charge >= 0.3 is 5.69 Å². The molecule has 0 spiro atoms. The SMILES string of the molecule is CNc1ncc([N+](=O)[O-])c(NCCc2noc(C)n2)n1. The van der Waals surface area contributed by atoms with E-state index >= 15 is 0 Å². The molecule has 2 heterocycles. The van der Waals surface area contributed by atoms with E-state index in [1.807, 2.05) is 0 Å². The van der Waals surface area contributed by atoms with E-state index in [0.29, 0.717) is 30.6 Å². The van der Waals surface area contributed by atoms with Crippen molar-refractivity contribution in [2.75, 3.05) is 24.2 Å². The average molecular weight is 279 g/mol. The number of nitro groups is 1. The second kappa shape index (κ2) is 5.91. The summed E-state index contributed by atoms with van der Waals surface area (Å²) >= 11 is 0. The van der Waals surface area contributed by atoms with Crippen molar-refractivity contribution in [3.05, 3.63) is 28.0 Å². The molecule has 2 aromatic heterocycles. The van der Waals surface area contributed by atoms with Crippen LogP contribution in [0, 0.1) is 17.0 Å². The van der Waals surface area contributed by atoms with Gasteiger partial charge in [0.05, 0.1) is 4.92 Å². The standard InChI is InChI=1S/C10H13N7O3/c1-6-14-8(16-20-6)3-4-12-9-7(17(18)19)5-13-10(11-2)15-9/h5H,3-4H2,1-2H3,(H2,11,12,13,15). The van der Waals surface area contributed by atoms with Crippen LogP contribution >= 0.6 is 0 Å². The van der Waals surface area contributed by atoms with Crippen LogP contribution in [0.5, 0.6) is 0 Å². The topological polar surface area (TPSA) is 132 Å². The molecule has 2 aromatic rings. The zero-order valence-electron chi connectivity index (χ0n) is 11.0. The van der Waals surface area contributed by atoms with E-state index < -0.39 is 4.92 Å². The van der Waals surface area contributed by atoms with Crippen LogP contribution in [0.1, 0.15) is 11.7 Å². The molecule has 0 amide bonds. The zero-order valence-corrected chi connectivity index (χ0v) is 11.0. The smallest absolute Gasteiger partial charge is 0.329 e. The Morgan fingerprint density at radius 2 is 2.25 bits per heavy atom. The zero-order chi connectivity index (χ0) is 14.5. The highest BCUT2D eigenvalue weighted by Crippen LogP contribution is 2.21. The van der Waals surface area contributed by atoms with E-state index in [1.165, 1.54) is 0 Å². The van der Waals surface area contributed by atoms with Crippen molar-refractivity contribution >= 4 is 17.5 Å². The Hall–Kier alpha value is -2.78. The van der Waals surface area contributed by atoms with Crippen molar-refractivity contribution in [1.29, 1.82) is 0 Å². The van der Waals surface area contributed by atoms with Crippen molar-refractivity contribution < 1.29 is 9.45 Å². The lowest BCUT2D eigenvalue weighted by atomic mass is 10.4. The minimum Gasteiger partial charge on any atom is -0.364 e. The predicted molar refractivity (Wildman–Crippen MR) is 69.5 cm³/mol. The van der Waals surface area contributed by atoms with Gasteiger partial charge in [0.2, 0.25) is 17.7 Å². The largest absolute Gasteiger partial charge is 0.364 e. The van der Waals surface area contributed by atoms with Crippen molar-refractivity contribution in [2.45, 2.75) is 13.3 Å². The van der Waals surface area contributed by atoms with E-state index in [9.17, 15) is 10.1 Å². The Balaban J connectivity index is 2.05. The normalized spacial score (nSPS) is 10.3. The van der Waals surface area contributed by atoms with E-state index in [-0.39, 0.29) is 11.5 Å². The van der Waals surface area contributed by atoms with Gasteiger partial charge < -0.3 is 15.2 Å². The van der Waals surface area contributed by atoms with Crippen molar-refractivity contribution in [3.63, 3.8) is 0 Å². The lowest BCUT2D eigenvalue weighted by Crippen LogP contribution is -2.11. The summed E-state index contributed by atoms with van der Waals surface area (Å²) in [5.74, 6) is 1.45. The fourth-order valence-corrected chi connectivity index (χ4v) is 1.50. The van der Waals surface area contributed by atoms with E-state index in [4.69, 9.17) is 4.52 Å². The molecular formula is C10H13N7O3. The summed E-state index contributed by atoms with van der Waals surface area (Å²) in [6, 6.07) is 0. The molecule has 106 valence electrons. The lowest BCUT2D eigenvalue weighted by Gasteiger charge is -2.06. The molecule has 0 fully saturated rings. The molecule has 2 N–H and O–H groups in total. The van der Waals surface area contributed by atoms with Gasteiger partial charge in [-0.3, -0.25) is 10.1 Å². The monoisotopic (exact) mass is 279 g/mol. The molecule has 0 unspecified atom stereocenters. The number of hydrogen-bond acceptors (Lipinski definition) is 9. The molecule has 0 aromatic carbocycles. The van der Waals surface area contributed by atoms with Gasteiger partial charge in [-0.2, -0.15) is 9.97 Å². The summed E-state index contributed by atoms with van der Waals surface area (Å²) in [4.78, 5) is 22.2. The molecule has 20 heavy (non-hydrogen) atoms. The van der Waals surface area contributed by atoms with Gasteiger partial charge in [-0.25, -0.2) is 4.98 Å². The van der Waals surface area contributed by atoms with Crippen molar-refractivity contribution in [3.8, 4) is 0 Å². The van der Waals surface area contributed by atoms with Crippen LogP contribution in [-0.2, 0) is 6.42 Å². The second-order valence-electron chi connectivity index (χ2n) is 3.84. The number of nitrogens with zero attached hydrogens (tertiary/aromatic N) is 5. The fourth-order valence-electron chi connectivity index (χ4n) is 1.50. The van der Waals surface area contributed by atoms with Gasteiger partial charge in [-0.15, -0.1) is 0 Å². The first-order valence-corrected chi connectivity index (χ1v) is 5.82. The van der Waals surface area contributed by atoms with E-state index in [2.05, 4.69) is 30.7 Å². The van der Waals surface area contributed by atoms with E-state index in [0.717, 1.165) is 6.20 Å². The minimum atomic E-state index is -0.541. The van der Waals surface area contributed by atoms with Crippen LogP contribution in [0.3, 0.4) is 0 Å².